The maximum absolute atomic E-state index is 12.7. The van der Waals surface area contributed by atoms with Crippen LogP contribution in [0.2, 0.25) is 0 Å². The Hall–Kier alpha value is -3.64. The van der Waals surface area contributed by atoms with E-state index in [9.17, 15) is 24.3 Å². The van der Waals surface area contributed by atoms with Gasteiger partial charge < -0.3 is 39.2 Å². The van der Waals surface area contributed by atoms with Crippen molar-refractivity contribution in [2.75, 3.05) is 20.7 Å². The highest BCUT2D eigenvalue weighted by Crippen LogP contribution is 2.65. The van der Waals surface area contributed by atoms with Gasteiger partial charge in [-0.3, -0.25) is 14.4 Å². The summed E-state index contributed by atoms with van der Waals surface area (Å²) < 4.78 is 22.3. The zero-order valence-electron chi connectivity index (χ0n) is 21.0. The first kappa shape index (κ1) is 26.0. The maximum atomic E-state index is 12.7. The molecular weight excluding hydrogens is 502 g/mol. The summed E-state index contributed by atoms with van der Waals surface area (Å²) in [5.74, 6) is -3.56. The predicted octanol–water partition coefficient (Wildman–Crippen LogP) is 0.767. The standard InChI is InChI=1S/C26H29NO11/c1-27-10-9-25-21-13-3-4-14(35-2)22(21)38-23(25)15(7-8-26(25,34)17(27)11-13)36-19(30)5-6-20(31)37-16(24(32)33)12-18(28)29/h3-4,7,16-17,23,34H,5-6,8-12H2,1-2H3,(H,28,29)(H,32,33)/t16-,17-,23+,25+,26-/m0/s1. The van der Waals surface area contributed by atoms with Crippen molar-refractivity contribution in [1.29, 1.82) is 0 Å². The molecule has 2 bridgehead atoms. The Morgan fingerprint density at radius 3 is 2.61 bits per heavy atom. The van der Waals surface area contributed by atoms with E-state index in [1.54, 1.807) is 6.08 Å². The Morgan fingerprint density at radius 2 is 1.92 bits per heavy atom. The Balaban J connectivity index is 1.35. The van der Waals surface area contributed by atoms with Crippen molar-refractivity contribution in [1.82, 2.24) is 4.90 Å². The Labute approximate surface area is 217 Å². The number of piperidine rings is 1. The molecule has 12 nitrogen and oxygen atoms in total. The van der Waals surface area contributed by atoms with Gasteiger partial charge in [-0.2, -0.15) is 0 Å². The fourth-order valence-electron chi connectivity index (χ4n) is 6.53. The number of likely N-dealkylation sites (tertiary alicyclic amines) is 1. The van der Waals surface area contributed by atoms with Crippen molar-refractivity contribution >= 4 is 23.9 Å². The molecule has 0 amide bonds. The SMILES string of the molecule is COc1ccc2c3c1O[C@@H]1C(OC(=O)CCC(=O)O[C@@H](CC(=O)O)C(=O)O)=CC[C@]4(O)[C@H](C2)N(C)CC[C@@]314. The maximum Gasteiger partial charge on any atom is 0.345 e. The molecule has 0 unspecified atom stereocenters. The summed E-state index contributed by atoms with van der Waals surface area (Å²) in [5, 5.41) is 30.0. The van der Waals surface area contributed by atoms with Crippen LogP contribution >= 0.6 is 0 Å². The number of aliphatic hydroxyl groups is 1. The first-order chi connectivity index (χ1) is 18.0. The largest absolute Gasteiger partial charge is 0.493 e. The van der Waals surface area contributed by atoms with E-state index < -0.39 is 66.4 Å². The van der Waals surface area contributed by atoms with Crippen LogP contribution in [0.4, 0.5) is 0 Å². The molecule has 0 radical (unpaired) electrons. The van der Waals surface area contributed by atoms with Crippen LogP contribution in [0.15, 0.2) is 24.0 Å². The van der Waals surface area contributed by atoms with Crippen molar-refractivity contribution in [2.45, 2.75) is 67.8 Å². The third-order valence-corrected chi connectivity index (χ3v) is 8.23. The average Bonchev–Trinajstić information content (AvgIpc) is 3.21. The molecule has 4 aliphatic rings. The number of hydrogen-bond donors (Lipinski definition) is 3. The third kappa shape index (κ3) is 3.81. The fourth-order valence-corrected chi connectivity index (χ4v) is 6.53. The summed E-state index contributed by atoms with van der Waals surface area (Å²) in [6.45, 7) is 0.705. The summed E-state index contributed by atoms with van der Waals surface area (Å²) >= 11 is 0. The first-order valence-electron chi connectivity index (χ1n) is 12.4. The smallest absolute Gasteiger partial charge is 0.345 e. The molecule has 3 N–H and O–H groups in total. The van der Waals surface area contributed by atoms with Crippen molar-refractivity contribution in [2.24, 2.45) is 0 Å². The minimum absolute atomic E-state index is 0.162. The molecule has 0 saturated carbocycles. The van der Waals surface area contributed by atoms with Gasteiger partial charge in [-0.25, -0.2) is 4.79 Å². The normalized spacial score (nSPS) is 29.3. The van der Waals surface area contributed by atoms with Gasteiger partial charge in [0, 0.05) is 18.0 Å². The lowest BCUT2D eigenvalue weighted by molar-refractivity contribution is -0.171. The minimum Gasteiger partial charge on any atom is -0.493 e. The van der Waals surface area contributed by atoms with Crippen molar-refractivity contribution in [3.63, 3.8) is 0 Å². The predicted molar refractivity (Wildman–Crippen MR) is 127 cm³/mol. The number of ether oxygens (including phenoxy) is 4. The van der Waals surface area contributed by atoms with Crippen LogP contribution in [0.1, 0.15) is 43.2 Å². The molecule has 204 valence electrons. The molecule has 1 aromatic rings. The van der Waals surface area contributed by atoms with E-state index in [4.69, 9.17) is 29.2 Å². The minimum atomic E-state index is -1.85. The molecule has 1 saturated heterocycles. The number of nitrogens with zero attached hydrogens (tertiary/aromatic N) is 1. The highest BCUT2D eigenvalue weighted by molar-refractivity contribution is 5.84. The zero-order valence-corrected chi connectivity index (χ0v) is 21.0. The van der Waals surface area contributed by atoms with E-state index >= 15 is 0 Å². The molecule has 2 heterocycles. The number of carbonyl (C=O) groups excluding carboxylic acids is 2. The van der Waals surface area contributed by atoms with Crippen LogP contribution in [-0.4, -0.2) is 88.6 Å². The molecule has 2 aliphatic heterocycles. The van der Waals surface area contributed by atoms with Gasteiger partial charge in [0.1, 0.15) is 5.76 Å². The molecule has 1 fully saturated rings. The van der Waals surface area contributed by atoms with E-state index in [1.165, 1.54) is 7.11 Å². The summed E-state index contributed by atoms with van der Waals surface area (Å²) in [5.41, 5.74) is -0.0761. The number of aliphatic carboxylic acids is 2. The van der Waals surface area contributed by atoms with Gasteiger partial charge >= 0.3 is 23.9 Å². The fraction of sp³-hybridized carbons (Fsp3) is 0.538. The number of carbonyl (C=O) groups is 4. The quantitative estimate of drug-likeness (QED) is 0.383. The second-order valence-electron chi connectivity index (χ2n) is 10.2. The summed E-state index contributed by atoms with van der Waals surface area (Å²) in [6.07, 6.45) is -1.37. The van der Waals surface area contributed by atoms with Gasteiger partial charge in [0.05, 0.1) is 37.4 Å². The van der Waals surface area contributed by atoms with Crippen LogP contribution in [0.3, 0.4) is 0 Å². The van der Waals surface area contributed by atoms with Crippen LogP contribution in [0, 0.1) is 0 Å². The molecular formula is C26H29NO11. The van der Waals surface area contributed by atoms with Gasteiger partial charge in [0.2, 0.25) is 6.10 Å². The lowest BCUT2D eigenvalue weighted by atomic mass is 9.50. The average molecular weight is 532 g/mol. The monoisotopic (exact) mass is 531 g/mol. The molecule has 1 spiro atoms. The van der Waals surface area contributed by atoms with Crippen LogP contribution in [-0.2, 0) is 40.5 Å². The highest BCUT2D eigenvalue weighted by Gasteiger charge is 2.72. The van der Waals surface area contributed by atoms with Gasteiger partial charge in [-0.05, 0) is 44.1 Å². The molecule has 0 aromatic heterocycles. The Kier molecular flexibility index (Phi) is 6.35. The number of carboxylic acid groups (broad SMARTS) is 2. The molecule has 12 heteroatoms. The van der Waals surface area contributed by atoms with Crippen LogP contribution in [0.25, 0.3) is 0 Å². The van der Waals surface area contributed by atoms with Crippen molar-refractivity contribution < 1.29 is 53.4 Å². The van der Waals surface area contributed by atoms with Crippen LogP contribution < -0.4 is 9.47 Å². The topological polar surface area (TPSA) is 169 Å². The molecule has 2 aliphatic carbocycles. The zero-order chi connectivity index (χ0) is 27.4. The third-order valence-electron chi connectivity index (χ3n) is 8.23. The second-order valence-corrected chi connectivity index (χ2v) is 10.2. The molecule has 5 atom stereocenters. The van der Waals surface area contributed by atoms with E-state index in [-0.39, 0.29) is 18.2 Å². The van der Waals surface area contributed by atoms with Gasteiger partial charge in [-0.1, -0.05) is 6.07 Å². The first-order valence-corrected chi connectivity index (χ1v) is 12.4. The van der Waals surface area contributed by atoms with Crippen LogP contribution in [0.5, 0.6) is 11.5 Å². The number of hydrogen-bond acceptors (Lipinski definition) is 10. The van der Waals surface area contributed by atoms with E-state index in [0.717, 1.165) is 11.1 Å². The Morgan fingerprint density at radius 1 is 1.18 bits per heavy atom. The van der Waals surface area contributed by atoms with Gasteiger partial charge in [0.15, 0.2) is 17.6 Å². The van der Waals surface area contributed by atoms with Crippen molar-refractivity contribution in [3.05, 3.63) is 35.1 Å². The lowest BCUT2D eigenvalue weighted by Gasteiger charge is -2.61. The van der Waals surface area contributed by atoms with Crippen molar-refractivity contribution in [3.8, 4) is 11.5 Å². The second kappa shape index (κ2) is 9.28. The summed E-state index contributed by atoms with van der Waals surface area (Å²) in [7, 11) is 3.52. The molecule has 38 heavy (non-hydrogen) atoms. The van der Waals surface area contributed by atoms with E-state index in [2.05, 4.69) is 4.90 Å². The lowest BCUT2D eigenvalue weighted by Crippen LogP contribution is -2.74. The summed E-state index contributed by atoms with van der Waals surface area (Å²) in [4.78, 5) is 48.8. The van der Waals surface area contributed by atoms with E-state index in [1.807, 2.05) is 19.2 Å². The van der Waals surface area contributed by atoms with Gasteiger partial charge in [-0.15, -0.1) is 0 Å². The highest BCUT2D eigenvalue weighted by atomic mass is 16.6. The van der Waals surface area contributed by atoms with E-state index in [0.29, 0.717) is 30.9 Å². The molecule has 1 aromatic carbocycles. The summed E-state index contributed by atoms with van der Waals surface area (Å²) in [6, 6.07) is 3.66. The number of likely N-dealkylation sites (N-methyl/N-ethyl adjacent to an activating group) is 1. The number of rotatable bonds is 9. The number of benzene rings is 1. The molecule has 5 rings (SSSR count). The number of esters is 2. The van der Waals surface area contributed by atoms with Gasteiger partial charge in [0.25, 0.3) is 0 Å². The Bertz CT molecular complexity index is 1240. The number of methoxy groups -OCH3 is 1. The number of carboxylic acids is 2.